The number of aryl methyl sites for hydroxylation is 2. The van der Waals surface area contributed by atoms with E-state index >= 15 is 0 Å². The quantitative estimate of drug-likeness (QED) is 0.738. The highest BCUT2D eigenvalue weighted by molar-refractivity contribution is 6.07. The summed E-state index contributed by atoms with van der Waals surface area (Å²) < 4.78 is 3.37. The second kappa shape index (κ2) is 6.18. The van der Waals surface area contributed by atoms with E-state index in [2.05, 4.69) is 10.6 Å². The van der Waals surface area contributed by atoms with Crippen LogP contribution < -0.4 is 16.2 Å². The van der Waals surface area contributed by atoms with Crippen molar-refractivity contribution in [1.82, 2.24) is 14.5 Å². The maximum atomic E-state index is 12.6. The number of amides is 2. The zero-order chi connectivity index (χ0) is 18.3. The molecule has 2 N–H and O–H groups in total. The summed E-state index contributed by atoms with van der Waals surface area (Å²) in [7, 11) is 1.63. The number of nitrogens with zero attached hydrogens (tertiary/aromatic N) is 2. The highest BCUT2D eigenvalue weighted by Crippen LogP contribution is 2.23. The normalized spacial score (nSPS) is 13.8. The summed E-state index contributed by atoms with van der Waals surface area (Å²) in [5, 5.41) is 6.60. The van der Waals surface area contributed by atoms with Gasteiger partial charge in [0, 0.05) is 48.9 Å². The fourth-order valence-electron chi connectivity index (χ4n) is 3.23. The van der Waals surface area contributed by atoms with E-state index in [1.165, 1.54) is 10.6 Å². The van der Waals surface area contributed by atoms with Gasteiger partial charge in [-0.2, -0.15) is 0 Å². The Kier molecular flexibility index (Phi) is 3.84. The number of fused-ring (bicyclic) bond motifs is 3. The molecule has 0 spiro atoms. The molecule has 0 bridgehead atoms. The van der Waals surface area contributed by atoms with E-state index in [0.717, 1.165) is 23.9 Å². The Hall–Kier alpha value is -3.35. The van der Waals surface area contributed by atoms with Crippen LogP contribution in [0.4, 0.5) is 5.69 Å². The van der Waals surface area contributed by atoms with Gasteiger partial charge >= 0.3 is 0 Å². The number of rotatable bonds is 2. The molecule has 0 radical (unpaired) electrons. The molecule has 0 aliphatic carbocycles. The van der Waals surface area contributed by atoms with Gasteiger partial charge in [0.15, 0.2) is 0 Å². The molecule has 0 unspecified atom stereocenters. The van der Waals surface area contributed by atoms with E-state index in [1.54, 1.807) is 31.4 Å². The summed E-state index contributed by atoms with van der Waals surface area (Å²) in [6, 6.07) is 10.2. The SMILES string of the molecule is Cn1cc(NC(=O)c2ccc3cc4n(c3c2)CCCNC4=O)ccc1=O. The van der Waals surface area contributed by atoms with Crippen molar-refractivity contribution < 1.29 is 9.59 Å². The van der Waals surface area contributed by atoms with Crippen molar-refractivity contribution in [3.05, 3.63) is 64.2 Å². The first-order valence-corrected chi connectivity index (χ1v) is 8.42. The van der Waals surface area contributed by atoms with Crippen LogP contribution in [0.15, 0.2) is 47.4 Å². The molecule has 7 nitrogen and oxygen atoms in total. The van der Waals surface area contributed by atoms with Gasteiger partial charge in [-0.05, 0) is 30.7 Å². The molecule has 0 saturated carbocycles. The van der Waals surface area contributed by atoms with Gasteiger partial charge in [-0.3, -0.25) is 14.4 Å². The number of pyridine rings is 1. The Labute approximate surface area is 149 Å². The smallest absolute Gasteiger partial charge is 0.267 e. The number of hydrogen-bond acceptors (Lipinski definition) is 3. The lowest BCUT2D eigenvalue weighted by molar-refractivity contribution is 0.0950. The number of carbonyl (C=O) groups excluding carboxylic acids is 2. The second-order valence-electron chi connectivity index (χ2n) is 6.39. The van der Waals surface area contributed by atoms with Crippen molar-refractivity contribution in [2.75, 3.05) is 11.9 Å². The van der Waals surface area contributed by atoms with Gasteiger partial charge < -0.3 is 19.8 Å². The highest BCUT2D eigenvalue weighted by Gasteiger charge is 2.19. The molecular formula is C19H18N4O3. The lowest BCUT2D eigenvalue weighted by atomic mass is 10.1. The van der Waals surface area contributed by atoms with Crippen LogP contribution in [-0.4, -0.2) is 27.5 Å². The number of benzene rings is 1. The van der Waals surface area contributed by atoms with E-state index in [0.29, 0.717) is 23.5 Å². The van der Waals surface area contributed by atoms with Gasteiger partial charge in [0.25, 0.3) is 11.8 Å². The number of hydrogen-bond donors (Lipinski definition) is 2. The Morgan fingerprint density at radius 2 is 2.00 bits per heavy atom. The molecule has 1 aliphatic rings. The van der Waals surface area contributed by atoms with E-state index in [9.17, 15) is 14.4 Å². The van der Waals surface area contributed by atoms with E-state index in [1.807, 2.05) is 16.7 Å². The maximum absolute atomic E-state index is 12.6. The van der Waals surface area contributed by atoms with Crippen molar-refractivity contribution in [1.29, 1.82) is 0 Å². The first kappa shape index (κ1) is 16.1. The molecule has 2 aromatic heterocycles. The summed E-state index contributed by atoms with van der Waals surface area (Å²) in [5.74, 6) is -0.353. The van der Waals surface area contributed by atoms with Crippen LogP contribution in [0.5, 0.6) is 0 Å². The Balaban J connectivity index is 1.69. The standard InChI is InChI=1S/C19H18N4O3/c1-22-11-14(5-6-17(22)24)21-18(25)13-4-3-12-9-16-19(26)20-7-2-8-23(16)15(12)10-13/h3-6,9-11H,2,7-8H2,1H3,(H,20,26)(H,21,25). The maximum Gasteiger partial charge on any atom is 0.267 e. The number of carbonyl (C=O) groups is 2. The molecular weight excluding hydrogens is 332 g/mol. The van der Waals surface area contributed by atoms with Crippen molar-refractivity contribution >= 4 is 28.4 Å². The van der Waals surface area contributed by atoms with Gasteiger partial charge in [0.05, 0.1) is 5.69 Å². The minimum Gasteiger partial charge on any atom is -0.351 e. The van der Waals surface area contributed by atoms with E-state index < -0.39 is 0 Å². The fourth-order valence-corrected chi connectivity index (χ4v) is 3.23. The van der Waals surface area contributed by atoms with E-state index in [4.69, 9.17) is 0 Å². The van der Waals surface area contributed by atoms with Crippen LogP contribution in [0.3, 0.4) is 0 Å². The van der Waals surface area contributed by atoms with Crippen LogP contribution in [0.2, 0.25) is 0 Å². The molecule has 4 rings (SSSR count). The predicted octanol–water partition coefficient (Wildman–Crippen LogP) is 1.73. The molecule has 3 aromatic rings. The largest absolute Gasteiger partial charge is 0.351 e. The monoisotopic (exact) mass is 350 g/mol. The Morgan fingerprint density at radius 3 is 2.81 bits per heavy atom. The van der Waals surface area contributed by atoms with Crippen LogP contribution in [0.25, 0.3) is 10.9 Å². The van der Waals surface area contributed by atoms with Crippen molar-refractivity contribution in [2.24, 2.45) is 7.05 Å². The first-order chi connectivity index (χ1) is 12.5. The zero-order valence-corrected chi connectivity index (χ0v) is 14.3. The van der Waals surface area contributed by atoms with Gasteiger partial charge in [-0.15, -0.1) is 0 Å². The van der Waals surface area contributed by atoms with Gasteiger partial charge in [-0.25, -0.2) is 0 Å². The molecule has 0 atom stereocenters. The van der Waals surface area contributed by atoms with Crippen molar-refractivity contribution in [2.45, 2.75) is 13.0 Å². The predicted molar refractivity (Wildman–Crippen MR) is 98.5 cm³/mol. The minimum atomic E-state index is -0.265. The van der Waals surface area contributed by atoms with Gasteiger partial charge in [0.2, 0.25) is 5.56 Å². The summed E-state index contributed by atoms with van der Waals surface area (Å²) in [6.07, 6.45) is 2.42. The summed E-state index contributed by atoms with van der Waals surface area (Å²) in [5.41, 5.74) is 2.39. The lowest BCUT2D eigenvalue weighted by Crippen LogP contribution is -2.22. The summed E-state index contributed by atoms with van der Waals surface area (Å²) in [4.78, 5) is 36.2. The van der Waals surface area contributed by atoms with Crippen LogP contribution >= 0.6 is 0 Å². The van der Waals surface area contributed by atoms with Gasteiger partial charge in [0.1, 0.15) is 5.69 Å². The third-order valence-corrected chi connectivity index (χ3v) is 4.59. The molecule has 3 heterocycles. The summed E-state index contributed by atoms with van der Waals surface area (Å²) in [6.45, 7) is 1.37. The average molecular weight is 350 g/mol. The molecule has 0 saturated heterocycles. The minimum absolute atomic E-state index is 0.0881. The molecule has 1 aromatic carbocycles. The van der Waals surface area contributed by atoms with Gasteiger partial charge in [-0.1, -0.05) is 6.07 Å². The molecule has 7 heteroatoms. The van der Waals surface area contributed by atoms with Crippen molar-refractivity contribution in [3.63, 3.8) is 0 Å². The molecule has 26 heavy (non-hydrogen) atoms. The van der Waals surface area contributed by atoms with Crippen LogP contribution in [0, 0.1) is 0 Å². The zero-order valence-electron chi connectivity index (χ0n) is 14.3. The summed E-state index contributed by atoms with van der Waals surface area (Å²) >= 11 is 0. The first-order valence-electron chi connectivity index (χ1n) is 8.42. The molecule has 2 amide bonds. The number of anilines is 1. The fraction of sp³-hybridized carbons (Fsp3) is 0.211. The van der Waals surface area contributed by atoms with Crippen LogP contribution in [0.1, 0.15) is 27.3 Å². The third kappa shape index (κ3) is 2.77. The number of nitrogens with one attached hydrogen (secondary N) is 2. The number of aromatic nitrogens is 2. The van der Waals surface area contributed by atoms with E-state index in [-0.39, 0.29) is 17.4 Å². The second-order valence-corrected chi connectivity index (χ2v) is 6.39. The molecule has 132 valence electrons. The third-order valence-electron chi connectivity index (χ3n) is 4.59. The molecule has 0 fully saturated rings. The van der Waals surface area contributed by atoms with Crippen molar-refractivity contribution in [3.8, 4) is 0 Å². The molecule has 1 aliphatic heterocycles. The Morgan fingerprint density at radius 1 is 1.15 bits per heavy atom. The van der Waals surface area contributed by atoms with Crippen LogP contribution in [-0.2, 0) is 13.6 Å². The topological polar surface area (TPSA) is 85.1 Å². The highest BCUT2D eigenvalue weighted by atomic mass is 16.2. The Bertz CT molecular complexity index is 1090. The average Bonchev–Trinajstić information content (AvgIpc) is 2.89. The lowest BCUT2D eigenvalue weighted by Gasteiger charge is -2.08.